The Hall–Kier alpha value is -6.58. The van der Waals surface area contributed by atoms with Crippen molar-refractivity contribution in [2.75, 3.05) is 0 Å². The Morgan fingerprint density at radius 1 is 0.386 bits per heavy atom. The van der Waals surface area contributed by atoms with Crippen molar-refractivity contribution < 1.29 is 0 Å². The average molecular weight is 907 g/mol. The predicted molar refractivity (Wildman–Crippen MR) is 300 cm³/mol. The van der Waals surface area contributed by atoms with E-state index in [1.54, 1.807) is 0 Å². The number of rotatable bonds is 1. The Labute approximate surface area is 414 Å². The molecule has 344 valence electrons. The molecule has 1 spiro atoms. The lowest BCUT2D eigenvalue weighted by atomic mass is 9.33. The molecular weight excluding hydrogens is 844 g/mol. The van der Waals surface area contributed by atoms with E-state index in [0.717, 1.165) is 0 Å². The van der Waals surface area contributed by atoms with E-state index < -0.39 is 5.41 Å². The van der Waals surface area contributed by atoms with E-state index in [1.807, 2.05) is 0 Å². The molecule has 0 unspecified atom stereocenters. The molecule has 0 radical (unpaired) electrons. The molecular formula is C67H63BN2. The number of benzene rings is 8. The number of hydrogen-bond donors (Lipinski definition) is 0. The molecule has 0 fully saturated rings. The van der Waals surface area contributed by atoms with Gasteiger partial charge in [0.1, 0.15) is 0 Å². The van der Waals surface area contributed by atoms with Crippen molar-refractivity contribution in [2.45, 2.75) is 124 Å². The van der Waals surface area contributed by atoms with Gasteiger partial charge in [-0.15, -0.1) is 0 Å². The molecule has 0 amide bonds. The Kier molecular flexibility index (Phi) is 7.88. The van der Waals surface area contributed by atoms with E-state index in [0.29, 0.717) is 0 Å². The molecule has 0 bridgehead atoms. The van der Waals surface area contributed by atoms with Gasteiger partial charge in [0.2, 0.25) is 0 Å². The third-order valence-corrected chi connectivity index (χ3v) is 17.3. The second kappa shape index (κ2) is 13.0. The standard InChI is InChI=1S/C67H63BN2/c1-36-20-23-43-44-24-21-37(2)27-51(44)67(50(43)26-36)52-32-40(64(6,7)8)29-48-49-31-42(66(12,13)14)34-55-60(49)70(58(48)52)62-53(67)35-45(38-18-16-15-17-19-38)61-57(62)68(55)54-33-41(65(9,10)11)30-47-46-28-39(63(3,4)5)22-25-56(46)69(61)59(47)54/h15-35H,1-14H3. The molecule has 14 rings (SSSR count). The molecule has 2 aromatic heterocycles. The third-order valence-electron chi connectivity index (χ3n) is 17.3. The van der Waals surface area contributed by atoms with Gasteiger partial charge in [0, 0.05) is 43.8 Å². The van der Waals surface area contributed by atoms with Gasteiger partial charge in [-0.25, -0.2) is 0 Å². The van der Waals surface area contributed by atoms with Gasteiger partial charge in [0.05, 0.1) is 22.1 Å². The maximum Gasteiger partial charge on any atom is 0.252 e. The predicted octanol–water partition coefficient (Wildman–Crippen LogP) is 15.2. The molecule has 2 nitrogen and oxygen atoms in total. The van der Waals surface area contributed by atoms with Crippen molar-refractivity contribution >= 4 is 66.7 Å². The summed E-state index contributed by atoms with van der Waals surface area (Å²) in [6.07, 6.45) is 0. The first-order chi connectivity index (χ1) is 33.1. The monoisotopic (exact) mass is 907 g/mol. The minimum absolute atomic E-state index is 0.00205. The van der Waals surface area contributed by atoms with E-state index in [-0.39, 0.29) is 28.4 Å². The lowest BCUT2D eigenvalue weighted by molar-refractivity contribution is 0.588. The molecule has 0 N–H and O–H groups in total. The molecule has 1 aliphatic carbocycles. The van der Waals surface area contributed by atoms with Gasteiger partial charge in [-0.05, 0) is 149 Å². The van der Waals surface area contributed by atoms with Crippen LogP contribution in [0, 0.1) is 13.8 Å². The van der Waals surface area contributed by atoms with Crippen LogP contribution in [-0.2, 0) is 27.1 Å². The number of aryl methyl sites for hydroxylation is 2. The smallest absolute Gasteiger partial charge is 0.252 e. The van der Waals surface area contributed by atoms with Crippen molar-refractivity contribution in [1.29, 1.82) is 0 Å². The normalized spacial score (nSPS) is 15.1. The van der Waals surface area contributed by atoms with Gasteiger partial charge in [-0.1, -0.05) is 185 Å². The van der Waals surface area contributed by atoms with Gasteiger partial charge < -0.3 is 9.13 Å². The summed E-state index contributed by atoms with van der Waals surface area (Å²) in [5, 5.41) is 5.45. The molecule has 3 aliphatic heterocycles. The minimum atomic E-state index is -0.599. The van der Waals surface area contributed by atoms with Crippen LogP contribution < -0.4 is 16.4 Å². The summed E-state index contributed by atoms with van der Waals surface area (Å²) in [5.74, 6) is 0. The summed E-state index contributed by atoms with van der Waals surface area (Å²) >= 11 is 0. The highest BCUT2D eigenvalue weighted by Gasteiger charge is 2.55. The first kappa shape index (κ1) is 42.3. The zero-order valence-electron chi connectivity index (χ0n) is 43.6. The molecule has 5 heterocycles. The SMILES string of the molecule is Cc1ccc2c(c1)C1(c3cc(C)ccc3-2)c2cc(-c3ccccc3)c3c4c2-n2c5c(cc(C(C)(C)C)cc5c5cc(C(C)(C)C)cc1c52)B4c1cc(C(C)(C)C)cc2c4cc(C(C)(C)C)ccc4n-3c12. The van der Waals surface area contributed by atoms with Crippen LogP contribution in [-0.4, -0.2) is 15.8 Å². The largest absolute Gasteiger partial charge is 0.310 e. The molecule has 8 aromatic carbocycles. The Morgan fingerprint density at radius 3 is 1.44 bits per heavy atom. The minimum Gasteiger partial charge on any atom is -0.310 e. The van der Waals surface area contributed by atoms with Gasteiger partial charge in [0.15, 0.2) is 0 Å². The van der Waals surface area contributed by atoms with Gasteiger partial charge in [-0.2, -0.15) is 0 Å². The molecule has 4 aliphatic rings. The van der Waals surface area contributed by atoms with Crippen LogP contribution in [0.5, 0.6) is 0 Å². The fourth-order valence-corrected chi connectivity index (χ4v) is 13.7. The zero-order chi connectivity index (χ0) is 48.7. The van der Waals surface area contributed by atoms with Gasteiger partial charge in [-0.3, -0.25) is 0 Å². The summed E-state index contributed by atoms with van der Waals surface area (Å²) in [4.78, 5) is 0. The maximum atomic E-state index is 2.81. The third kappa shape index (κ3) is 5.16. The van der Waals surface area contributed by atoms with Crippen molar-refractivity contribution in [2.24, 2.45) is 0 Å². The first-order valence-corrected chi connectivity index (χ1v) is 25.9. The molecule has 70 heavy (non-hydrogen) atoms. The van der Waals surface area contributed by atoms with Crippen LogP contribution in [0.2, 0.25) is 0 Å². The Morgan fingerprint density at radius 2 is 0.886 bits per heavy atom. The van der Waals surface area contributed by atoms with Crippen LogP contribution in [0.3, 0.4) is 0 Å². The average Bonchev–Trinajstić information content (AvgIpc) is 3.91. The quantitative estimate of drug-likeness (QED) is 0.145. The number of aromatic nitrogens is 2. The van der Waals surface area contributed by atoms with E-state index in [2.05, 4.69) is 233 Å². The second-order valence-corrected chi connectivity index (χ2v) is 26.0. The highest BCUT2D eigenvalue weighted by Crippen LogP contribution is 2.63. The molecule has 0 saturated carbocycles. The van der Waals surface area contributed by atoms with E-state index in [9.17, 15) is 0 Å². The first-order valence-electron chi connectivity index (χ1n) is 25.9. The fourth-order valence-electron chi connectivity index (χ4n) is 13.7. The molecule has 0 saturated heterocycles. The molecule has 0 atom stereocenters. The maximum absolute atomic E-state index is 2.81. The zero-order valence-corrected chi connectivity index (χ0v) is 43.6. The summed E-state index contributed by atoms with van der Waals surface area (Å²) in [7, 11) is 0. The van der Waals surface area contributed by atoms with Crippen LogP contribution >= 0.6 is 0 Å². The number of hydrogen-bond acceptors (Lipinski definition) is 0. The summed E-state index contributed by atoms with van der Waals surface area (Å²) in [5.41, 5.74) is 30.5. The van der Waals surface area contributed by atoms with Crippen LogP contribution in [0.4, 0.5) is 0 Å². The number of fused-ring (bicyclic) bond motifs is 14. The van der Waals surface area contributed by atoms with E-state index in [4.69, 9.17) is 0 Å². The van der Waals surface area contributed by atoms with Gasteiger partial charge >= 0.3 is 0 Å². The lowest BCUT2D eigenvalue weighted by Crippen LogP contribution is -2.61. The van der Waals surface area contributed by atoms with Crippen molar-refractivity contribution in [3.8, 4) is 33.6 Å². The molecule has 10 aromatic rings. The lowest BCUT2D eigenvalue weighted by Gasteiger charge is -2.45. The van der Waals surface area contributed by atoms with E-state index in [1.165, 1.54) is 149 Å². The van der Waals surface area contributed by atoms with Crippen LogP contribution in [0.25, 0.3) is 77.2 Å². The molecule has 3 heteroatoms. The van der Waals surface area contributed by atoms with Crippen molar-refractivity contribution in [1.82, 2.24) is 9.13 Å². The van der Waals surface area contributed by atoms with Crippen LogP contribution in [0.15, 0.2) is 127 Å². The van der Waals surface area contributed by atoms with E-state index >= 15 is 0 Å². The second-order valence-electron chi connectivity index (χ2n) is 26.0. The summed E-state index contributed by atoms with van der Waals surface area (Å²) in [6, 6.07) is 51.8. The topological polar surface area (TPSA) is 9.86 Å². The summed E-state index contributed by atoms with van der Waals surface area (Å²) < 4.78 is 5.54. The fraction of sp³-hybridized carbons (Fsp3) is 0.284. The highest BCUT2D eigenvalue weighted by molar-refractivity contribution is 7.00. The van der Waals surface area contributed by atoms with Crippen molar-refractivity contribution in [3.63, 3.8) is 0 Å². The summed E-state index contributed by atoms with van der Waals surface area (Å²) in [6.45, 7) is 33.3. The Bertz CT molecular complexity index is 3990. The number of nitrogens with zero attached hydrogens (tertiary/aromatic N) is 2. The van der Waals surface area contributed by atoms with Crippen molar-refractivity contribution in [3.05, 3.63) is 183 Å². The van der Waals surface area contributed by atoms with Crippen LogP contribution in [0.1, 0.15) is 139 Å². The Balaban J connectivity index is 1.32. The van der Waals surface area contributed by atoms with Gasteiger partial charge in [0.25, 0.3) is 6.71 Å². The highest BCUT2D eigenvalue weighted by atomic mass is 15.1.